The van der Waals surface area contributed by atoms with Crippen molar-refractivity contribution in [3.05, 3.63) is 58.7 Å². The van der Waals surface area contributed by atoms with Crippen LogP contribution >= 0.6 is 0 Å². The lowest BCUT2D eigenvalue weighted by atomic mass is 9.63. The zero-order chi connectivity index (χ0) is 20.0. The molecule has 0 spiro atoms. The molecule has 5 radical (unpaired) electrons. The first-order chi connectivity index (χ1) is 13.5. The molecule has 0 aliphatic carbocycles. The lowest BCUT2D eigenvalue weighted by Gasteiger charge is -2.09. The summed E-state index contributed by atoms with van der Waals surface area (Å²) >= 11 is 0. The molecule has 0 fully saturated rings. The standard InChI is InChI=1S/C16H7B4N2O6/c17-28-20-22-14(24)10-4-2-8(6-12(10)16(22)26)18-7-1-3-9-11(5-7)15(25)21(19-27)13(9)23/h1-6,27H. The second-order valence-electron chi connectivity index (χ2n) is 6.07. The Morgan fingerprint density at radius 2 is 1.21 bits per heavy atom. The molecule has 2 aromatic rings. The van der Waals surface area contributed by atoms with Gasteiger partial charge in [-0.25, -0.2) is 0 Å². The van der Waals surface area contributed by atoms with Crippen molar-refractivity contribution < 1.29 is 28.8 Å². The molecule has 0 saturated heterocycles. The van der Waals surface area contributed by atoms with Crippen molar-refractivity contribution in [2.75, 3.05) is 0 Å². The molecule has 4 rings (SSSR count). The number of rotatable bonds is 5. The summed E-state index contributed by atoms with van der Waals surface area (Å²) in [6.07, 6.45) is 0. The van der Waals surface area contributed by atoms with Crippen LogP contribution in [0.3, 0.4) is 0 Å². The van der Waals surface area contributed by atoms with Crippen molar-refractivity contribution in [2.24, 2.45) is 0 Å². The van der Waals surface area contributed by atoms with Gasteiger partial charge in [0.15, 0.2) is 7.28 Å². The zero-order valence-electron chi connectivity index (χ0n) is 14.2. The van der Waals surface area contributed by atoms with Gasteiger partial charge in [0.1, 0.15) is 0 Å². The van der Waals surface area contributed by atoms with Crippen molar-refractivity contribution in [2.45, 2.75) is 0 Å². The van der Waals surface area contributed by atoms with Crippen LogP contribution in [0.15, 0.2) is 36.4 Å². The van der Waals surface area contributed by atoms with Gasteiger partial charge in [0.2, 0.25) is 0 Å². The van der Waals surface area contributed by atoms with E-state index in [4.69, 9.17) is 13.1 Å². The molecule has 129 valence electrons. The summed E-state index contributed by atoms with van der Waals surface area (Å²) in [6, 6.07) is 9.33. The smallest absolute Gasteiger partial charge is 0.446 e. The minimum Gasteiger partial charge on any atom is -0.491 e. The van der Waals surface area contributed by atoms with Gasteiger partial charge < -0.3 is 9.60 Å². The summed E-state index contributed by atoms with van der Waals surface area (Å²) in [5.74, 6) is -2.34. The highest BCUT2D eigenvalue weighted by Gasteiger charge is 2.37. The molecule has 2 heterocycles. The summed E-state index contributed by atoms with van der Waals surface area (Å²) in [6.45, 7) is 0. The summed E-state index contributed by atoms with van der Waals surface area (Å²) in [5, 5.41) is 9.05. The van der Waals surface area contributed by atoms with Gasteiger partial charge in [0, 0.05) is 0 Å². The SMILES string of the molecule is [B]O[B]N1C(=O)c2ccc([B]c3ccc4c(c3)C(=O)N([B]O)C4=O)cc2C1=O. The van der Waals surface area contributed by atoms with Gasteiger partial charge >= 0.3 is 15.2 Å². The van der Waals surface area contributed by atoms with Crippen molar-refractivity contribution in [3.8, 4) is 0 Å². The number of fused-ring (bicyclic) bond motifs is 2. The molecule has 0 bridgehead atoms. The number of nitrogens with zero attached hydrogens (tertiary/aromatic N) is 2. The van der Waals surface area contributed by atoms with E-state index in [1.165, 1.54) is 24.3 Å². The third-order valence-corrected chi connectivity index (χ3v) is 4.50. The predicted molar refractivity (Wildman–Crippen MR) is 99.5 cm³/mol. The van der Waals surface area contributed by atoms with E-state index >= 15 is 0 Å². The van der Waals surface area contributed by atoms with E-state index in [2.05, 4.69) is 4.57 Å². The topological polar surface area (TPSA) is 104 Å². The molecule has 2 aliphatic rings. The van der Waals surface area contributed by atoms with Crippen LogP contribution in [0.2, 0.25) is 0 Å². The number of amides is 4. The summed E-state index contributed by atoms with van der Waals surface area (Å²) in [4.78, 5) is 50.0. The zero-order valence-corrected chi connectivity index (χ0v) is 14.2. The number of benzene rings is 2. The quantitative estimate of drug-likeness (QED) is 0.471. The van der Waals surface area contributed by atoms with E-state index in [9.17, 15) is 19.2 Å². The Kier molecular flexibility index (Phi) is 4.44. The Morgan fingerprint density at radius 3 is 1.71 bits per heavy atom. The fourth-order valence-corrected chi connectivity index (χ4v) is 3.19. The second-order valence-corrected chi connectivity index (χ2v) is 6.07. The highest BCUT2D eigenvalue weighted by Crippen LogP contribution is 2.22. The van der Waals surface area contributed by atoms with Crippen molar-refractivity contribution in [3.63, 3.8) is 0 Å². The third kappa shape index (κ3) is 2.69. The fourth-order valence-electron chi connectivity index (χ4n) is 3.19. The van der Waals surface area contributed by atoms with E-state index in [0.29, 0.717) is 23.4 Å². The van der Waals surface area contributed by atoms with Crippen molar-refractivity contribution in [1.82, 2.24) is 9.62 Å². The van der Waals surface area contributed by atoms with Gasteiger partial charge in [0.25, 0.3) is 31.7 Å². The molecule has 1 N–H and O–H groups in total. The maximum Gasteiger partial charge on any atom is 0.446 e. The van der Waals surface area contributed by atoms with Gasteiger partial charge in [-0.05, 0) is 12.1 Å². The van der Waals surface area contributed by atoms with E-state index in [1.807, 2.05) is 0 Å². The molecule has 8 nitrogen and oxygen atoms in total. The molecule has 0 saturated carbocycles. The van der Waals surface area contributed by atoms with Gasteiger partial charge in [-0.1, -0.05) is 35.2 Å². The second kappa shape index (κ2) is 6.81. The van der Waals surface area contributed by atoms with Crippen LogP contribution in [0.25, 0.3) is 0 Å². The maximum atomic E-state index is 12.3. The monoisotopic (exact) mass is 367 g/mol. The molecular weight excluding hydrogens is 359 g/mol. The predicted octanol–water partition coefficient (Wildman–Crippen LogP) is -2.31. The first-order valence-corrected chi connectivity index (χ1v) is 8.01. The van der Waals surface area contributed by atoms with E-state index in [0.717, 1.165) is 12.4 Å². The molecule has 0 unspecified atom stereocenters. The number of carbonyl (C=O) groups is 4. The molecule has 28 heavy (non-hydrogen) atoms. The van der Waals surface area contributed by atoms with Crippen LogP contribution in [-0.4, -0.2) is 68.8 Å². The van der Waals surface area contributed by atoms with Crippen LogP contribution in [-0.2, 0) is 4.57 Å². The van der Waals surface area contributed by atoms with Crippen molar-refractivity contribution in [1.29, 1.82) is 0 Å². The third-order valence-electron chi connectivity index (χ3n) is 4.50. The van der Waals surface area contributed by atoms with Gasteiger partial charge in [-0.2, -0.15) is 0 Å². The highest BCUT2D eigenvalue weighted by molar-refractivity contribution is 6.67. The Hall–Kier alpha value is -3.10. The first kappa shape index (κ1) is 18.3. The summed E-state index contributed by atoms with van der Waals surface area (Å²) in [7, 11) is 7.86. The molecule has 4 amide bonds. The molecule has 0 aromatic heterocycles. The Bertz CT molecular complexity index is 1060. The van der Waals surface area contributed by atoms with Gasteiger partial charge in [-0.3, -0.25) is 28.8 Å². The van der Waals surface area contributed by atoms with E-state index in [1.54, 1.807) is 19.4 Å². The van der Waals surface area contributed by atoms with Gasteiger partial charge in [-0.15, -0.1) is 0 Å². The van der Waals surface area contributed by atoms with Crippen LogP contribution in [0.1, 0.15) is 41.4 Å². The molecule has 2 aromatic carbocycles. The first-order valence-electron chi connectivity index (χ1n) is 8.01. The molecular formula is C16H7B4N2O6. The fraction of sp³-hybridized carbons (Fsp3) is 0. The Morgan fingerprint density at radius 1 is 0.750 bits per heavy atom. The molecule has 2 aliphatic heterocycles. The lowest BCUT2D eigenvalue weighted by Crippen LogP contribution is -2.34. The van der Waals surface area contributed by atoms with Gasteiger partial charge in [0.05, 0.1) is 22.3 Å². The van der Waals surface area contributed by atoms with Crippen LogP contribution in [0, 0.1) is 0 Å². The highest BCUT2D eigenvalue weighted by atomic mass is 16.4. The number of hydrogen-bond donors (Lipinski definition) is 1. The average molecular weight is 366 g/mol. The number of imide groups is 2. The lowest BCUT2D eigenvalue weighted by molar-refractivity contribution is 0.0733. The molecule has 12 heteroatoms. The minimum atomic E-state index is -0.625. The minimum absolute atomic E-state index is 0.164. The largest absolute Gasteiger partial charge is 0.491 e. The summed E-state index contributed by atoms with van der Waals surface area (Å²) < 4.78 is 4.27. The van der Waals surface area contributed by atoms with Crippen LogP contribution < -0.4 is 10.9 Å². The summed E-state index contributed by atoms with van der Waals surface area (Å²) in [5.41, 5.74) is 1.98. The number of hydrogen-bond acceptors (Lipinski definition) is 6. The van der Waals surface area contributed by atoms with E-state index < -0.39 is 23.6 Å². The normalized spacial score (nSPS) is 15.0. The number of carbonyl (C=O) groups excluding carboxylic acids is 4. The molecule has 0 atom stereocenters. The Balaban J connectivity index is 1.62. The van der Waals surface area contributed by atoms with Crippen molar-refractivity contribution >= 4 is 65.1 Å². The van der Waals surface area contributed by atoms with E-state index in [-0.39, 0.29) is 22.3 Å². The van der Waals surface area contributed by atoms with Crippen LogP contribution in [0.5, 0.6) is 0 Å². The Labute approximate surface area is 162 Å². The average Bonchev–Trinajstić information content (AvgIpc) is 3.07. The van der Waals surface area contributed by atoms with Crippen LogP contribution in [0.4, 0.5) is 0 Å². The maximum absolute atomic E-state index is 12.3.